The lowest BCUT2D eigenvalue weighted by Crippen LogP contribution is -2.55. The van der Waals surface area contributed by atoms with Crippen LogP contribution >= 0.6 is 0 Å². The monoisotopic (exact) mass is 231 g/mol. The van der Waals surface area contributed by atoms with Gasteiger partial charge in [-0.2, -0.15) is 0 Å². The first kappa shape index (κ1) is 11.2. The third kappa shape index (κ3) is 1.90. The average Bonchev–Trinajstić information content (AvgIpc) is 2.40. The Labute approximate surface area is 103 Å². The molecule has 0 amide bonds. The molecule has 1 saturated carbocycles. The van der Waals surface area contributed by atoms with Crippen molar-refractivity contribution >= 4 is 0 Å². The van der Waals surface area contributed by atoms with E-state index in [0.717, 1.165) is 0 Å². The van der Waals surface area contributed by atoms with Crippen molar-refractivity contribution in [3.05, 3.63) is 35.9 Å². The molecule has 3 rings (SSSR count). The molecule has 92 valence electrons. The maximum Gasteiger partial charge on any atom is 0.0979 e. The zero-order valence-electron chi connectivity index (χ0n) is 10.5. The van der Waals surface area contributed by atoms with Crippen LogP contribution in [-0.2, 0) is 10.3 Å². The zero-order valence-corrected chi connectivity index (χ0v) is 10.5. The average molecular weight is 231 g/mol. The smallest absolute Gasteiger partial charge is 0.0979 e. The summed E-state index contributed by atoms with van der Waals surface area (Å²) in [5.74, 6) is 0.618. The maximum atomic E-state index is 6.11. The molecule has 17 heavy (non-hydrogen) atoms. The molecular weight excluding hydrogens is 210 g/mol. The van der Waals surface area contributed by atoms with Gasteiger partial charge in [0.15, 0.2) is 0 Å². The van der Waals surface area contributed by atoms with Crippen molar-refractivity contribution in [1.29, 1.82) is 0 Å². The molecule has 1 aromatic rings. The lowest BCUT2D eigenvalue weighted by atomic mass is 9.70. The molecule has 1 saturated heterocycles. The number of hydrogen-bond donors (Lipinski definition) is 1. The van der Waals surface area contributed by atoms with Gasteiger partial charge in [0, 0.05) is 12.0 Å². The van der Waals surface area contributed by atoms with E-state index in [4.69, 9.17) is 4.74 Å². The highest BCUT2D eigenvalue weighted by atomic mass is 16.5. The lowest BCUT2D eigenvalue weighted by molar-refractivity contribution is -0.145. The van der Waals surface area contributed by atoms with Gasteiger partial charge in [0.1, 0.15) is 0 Å². The summed E-state index contributed by atoms with van der Waals surface area (Å²) in [6, 6.07) is 11.4. The Morgan fingerprint density at radius 2 is 1.94 bits per heavy atom. The van der Waals surface area contributed by atoms with E-state index in [-0.39, 0.29) is 5.60 Å². The number of hydrogen-bond acceptors (Lipinski definition) is 2. The standard InChI is InChI=1S/C15H21NO/c1-15(12-7-3-2-4-8-12)13-9-5-6-10-14(13)16-11-17-15/h2-4,7-8,13-14,16H,5-6,9-11H2,1H3. The number of ether oxygens (including phenoxy) is 1. The van der Waals surface area contributed by atoms with Crippen LogP contribution in [0.3, 0.4) is 0 Å². The summed E-state index contributed by atoms with van der Waals surface area (Å²) >= 11 is 0. The topological polar surface area (TPSA) is 21.3 Å². The van der Waals surface area contributed by atoms with Crippen LogP contribution in [0.4, 0.5) is 0 Å². The van der Waals surface area contributed by atoms with Gasteiger partial charge in [0.05, 0.1) is 12.3 Å². The SMILES string of the molecule is CC1(c2ccccc2)OCNC2CCCCC21. The second-order valence-electron chi connectivity index (χ2n) is 5.46. The molecule has 1 aliphatic heterocycles. The summed E-state index contributed by atoms with van der Waals surface area (Å²) < 4.78 is 6.11. The molecule has 3 unspecified atom stereocenters. The Morgan fingerprint density at radius 3 is 2.76 bits per heavy atom. The Morgan fingerprint density at radius 1 is 1.18 bits per heavy atom. The lowest BCUT2D eigenvalue weighted by Gasteiger charge is -2.49. The number of benzene rings is 1. The minimum atomic E-state index is -0.0996. The van der Waals surface area contributed by atoms with E-state index < -0.39 is 0 Å². The fraction of sp³-hybridized carbons (Fsp3) is 0.600. The van der Waals surface area contributed by atoms with Crippen molar-refractivity contribution in [3.63, 3.8) is 0 Å². The molecular formula is C15H21NO. The van der Waals surface area contributed by atoms with Crippen LogP contribution in [0.5, 0.6) is 0 Å². The summed E-state index contributed by atoms with van der Waals surface area (Å²) in [7, 11) is 0. The van der Waals surface area contributed by atoms with Crippen molar-refractivity contribution in [2.45, 2.75) is 44.2 Å². The number of rotatable bonds is 1. The zero-order chi connectivity index (χ0) is 11.7. The highest BCUT2D eigenvalue weighted by Gasteiger charge is 2.45. The second kappa shape index (κ2) is 4.43. The predicted octanol–water partition coefficient (Wildman–Crippen LogP) is 3.04. The van der Waals surface area contributed by atoms with Crippen molar-refractivity contribution < 1.29 is 4.74 Å². The van der Waals surface area contributed by atoms with Crippen LogP contribution in [-0.4, -0.2) is 12.8 Å². The van der Waals surface area contributed by atoms with Gasteiger partial charge in [-0.1, -0.05) is 43.2 Å². The third-order valence-corrected chi connectivity index (χ3v) is 4.54. The minimum absolute atomic E-state index is 0.0996. The highest BCUT2D eigenvalue weighted by molar-refractivity contribution is 5.24. The van der Waals surface area contributed by atoms with Crippen LogP contribution in [0.15, 0.2) is 30.3 Å². The quantitative estimate of drug-likeness (QED) is 0.802. The Bertz CT molecular complexity index is 376. The van der Waals surface area contributed by atoms with Crippen LogP contribution < -0.4 is 5.32 Å². The molecule has 2 aliphatic rings. The number of nitrogens with one attached hydrogen (secondary N) is 1. The van der Waals surface area contributed by atoms with Gasteiger partial charge in [0.2, 0.25) is 0 Å². The molecule has 0 radical (unpaired) electrons. The second-order valence-corrected chi connectivity index (χ2v) is 5.46. The van der Waals surface area contributed by atoms with Crippen LogP contribution in [0.25, 0.3) is 0 Å². The van der Waals surface area contributed by atoms with Crippen molar-refractivity contribution in [2.75, 3.05) is 6.73 Å². The molecule has 0 aromatic heterocycles. The first-order chi connectivity index (χ1) is 8.31. The first-order valence-electron chi connectivity index (χ1n) is 6.73. The molecule has 1 heterocycles. The normalized spacial score (nSPS) is 37.5. The largest absolute Gasteiger partial charge is 0.355 e. The summed E-state index contributed by atoms with van der Waals surface area (Å²) in [5, 5.41) is 3.52. The highest BCUT2D eigenvalue weighted by Crippen LogP contribution is 2.43. The van der Waals surface area contributed by atoms with Crippen LogP contribution in [0, 0.1) is 5.92 Å². The van der Waals surface area contributed by atoms with Gasteiger partial charge < -0.3 is 4.74 Å². The first-order valence-corrected chi connectivity index (χ1v) is 6.73. The molecule has 0 bridgehead atoms. The molecule has 2 fully saturated rings. The minimum Gasteiger partial charge on any atom is -0.355 e. The fourth-order valence-corrected chi connectivity index (χ4v) is 3.51. The van der Waals surface area contributed by atoms with Gasteiger partial charge in [-0.05, 0) is 25.3 Å². The van der Waals surface area contributed by atoms with Gasteiger partial charge in [-0.15, -0.1) is 0 Å². The van der Waals surface area contributed by atoms with E-state index in [1.54, 1.807) is 0 Å². The van der Waals surface area contributed by atoms with Crippen LogP contribution in [0.1, 0.15) is 38.2 Å². The summed E-state index contributed by atoms with van der Waals surface area (Å²) in [6.07, 6.45) is 5.28. The Balaban J connectivity index is 1.94. The molecule has 3 atom stereocenters. The number of fused-ring (bicyclic) bond motifs is 1. The van der Waals surface area contributed by atoms with Gasteiger partial charge >= 0.3 is 0 Å². The van der Waals surface area contributed by atoms with Crippen molar-refractivity contribution in [1.82, 2.24) is 5.32 Å². The van der Waals surface area contributed by atoms with Crippen molar-refractivity contribution in [3.8, 4) is 0 Å². The molecule has 1 N–H and O–H groups in total. The van der Waals surface area contributed by atoms with E-state index in [0.29, 0.717) is 18.7 Å². The molecule has 0 spiro atoms. The summed E-state index contributed by atoms with van der Waals surface area (Å²) in [4.78, 5) is 0. The van der Waals surface area contributed by atoms with Gasteiger partial charge in [-0.3, -0.25) is 5.32 Å². The summed E-state index contributed by atoms with van der Waals surface area (Å²) in [5.41, 5.74) is 1.23. The Kier molecular flexibility index (Phi) is 2.93. The molecule has 1 aromatic carbocycles. The molecule has 1 aliphatic carbocycles. The Hall–Kier alpha value is -0.860. The molecule has 2 heteroatoms. The van der Waals surface area contributed by atoms with E-state index in [1.165, 1.54) is 31.2 Å². The van der Waals surface area contributed by atoms with Crippen molar-refractivity contribution in [2.24, 2.45) is 5.92 Å². The maximum absolute atomic E-state index is 6.11. The van der Waals surface area contributed by atoms with E-state index in [9.17, 15) is 0 Å². The van der Waals surface area contributed by atoms with Gasteiger partial charge in [0.25, 0.3) is 0 Å². The van der Waals surface area contributed by atoms with E-state index in [1.807, 2.05) is 0 Å². The van der Waals surface area contributed by atoms with E-state index >= 15 is 0 Å². The fourth-order valence-electron chi connectivity index (χ4n) is 3.51. The van der Waals surface area contributed by atoms with Gasteiger partial charge in [-0.25, -0.2) is 0 Å². The predicted molar refractivity (Wildman–Crippen MR) is 68.6 cm³/mol. The molecule has 2 nitrogen and oxygen atoms in total. The third-order valence-electron chi connectivity index (χ3n) is 4.54. The summed E-state index contributed by atoms with van der Waals surface area (Å²) in [6.45, 7) is 2.96. The van der Waals surface area contributed by atoms with Crippen LogP contribution in [0.2, 0.25) is 0 Å². The van der Waals surface area contributed by atoms with E-state index in [2.05, 4.69) is 42.6 Å².